The molecule has 0 saturated carbocycles. The first-order valence-corrected chi connectivity index (χ1v) is 7.10. The Kier molecular flexibility index (Phi) is 4.30. The van der Waals surface area contributed by atoms with E-state index in [9.17, 15) is 9.59 Å². The molecule has 6 heteroatoms. The van der Waals surface area contributed by atoms with Crippen molar-refractivity contribution in [3.63, 3.8) is 0 Å². The Morgan fingerprint density at radius 2 is 1.65 bits per heavy atom. The number of carbonyl (C=O) groups excluding carboxylic acids is 2. The minimum atomic E-state index is -1.22. The number of Topliss-reactive ketones (excluding diaryl/α,β-unsaturated/α-hetero) is 1. The van der Waals surface area contributed by atoms with Gasteiger partial charge in [0.1, 0.15) is 0 Å². The Balaban J connectivity index is 1.86. The van der Waals surface area contributed by atoms with Crippen molar-refractivity contribution in [3.05, 3.63) is 83.2 Å². The lowest BCUT2D eigenvalue weighted by atomic mass is 10.1. The summed E-state index contributed by atoms with van der Waals surface area (Å²) >= 11 is 5.79. The summed E-state index contributed by atoms with van der Waals surface area (Å²) in [7, 11) is 0. The Morgan fingerprint density at radius 1 is 0.957 bits per heavy atom. The molecule has 3 aromatic rings. The number of hydrogen-bond donors (Lipinski definition) is 0. The van der Waals surface area contributed by atoms with Crippen LogP contribution >= 0.6 is 11.6 Å². The molecule has 0 amide bonds. The van der Waals surface area contributed by atoms with Gasteiger partial charge in [-0.15, -0.1) is 0 Å². The van der Waals surface area contributed by atoms with Gasteiger partial charge in [-0.1, -0.05) is 11.6 Å². The zero-order valence-electron chi connectivity index (χ0n) is 11.8. The summed E-state index contributed by atoms with van der Waals surface area (Å²) in [5, 5.41) is 0.496. The molecule has 0 aliphatic rings. The van der Waals surface area contributed by atoms with Crippen molar-refractivity contribution in [3.8, 4) is 0 Å². The van der Waals surface area contributed by atoms with Gasteiger partial charge in [0, 0.05) is 5.02 Å². The van der Waals surface area contributed by atoms with Crippen LogP contribution in [0, 0.1) is 0 Å². The van der Waals surface area contributed by atoms with Gasteiger partial charge in [-0.05, 0) is 48.5 Å². The second-order valence-corrected chi connectivity index (χ2v) is 5.09. The third-order valence-electron chi connectivity index (χ3n) is 3.11. The maximum absolute atomic E-state index is 12.5. The first kappa shape index (κ1) is 15.1. The smallest absolute Gasteiger partial charge is 0.339 e. The second kappa shape index (κ2) is 6.54. The number of ether oxygens (including phenoxy) is 1. The predicted molar refractivity (Wildman–Crippen MR) is 81.4 cm³/mol. The average Bonchev–Trinajstić information content (AvgIpc) is 3.25. The molecule has 0 spiro atoms. The van der Waals surface area contributed by atoms with Crippen molar-refractivity contribution < 1.29 is 23.2 Å². The molecule has 2 aromatic heterocycles. The van der Waals surface area contributed by atoms with E-state index in [-0.39, 0.29) is 17.1 Å². The number of rotatable bonds is 5. The van der Waals surface area contributed by atoms with Crippen LogP contribution in [0.25, 0.3) is 0 Å². The molecule has 0 unspecified atom stereocenters. The summed E-state index contributed by atoms with van der Waals surface area (Å²) in [6, 6.07) is 12.4. The third kappa shape index (κ3) is 3.35. The van der Waals surface area contributed by atoms with Gasteiger partial charge in [-0.2, -0.15) is 0 Å². The molecule has 0 N–H and O–H groups in total. The summed E-state index contributed by atoms with van der Waals surface area (Å²) in [4.78, 5) is 24.7. The molecular formula is C17H11ClO5. The molecule has 3 rings (SSSR count). The van der Waals surface area contributed by atoms with E-state index in [2.05, 4.69) is 0 Å². The monoisotopic (exact) mass is 330 g/mol. The number of benzene rings is 1. The topological polar surface area (TPSA) is 69.7 Å². The van der Waals surface area contributed by atoms with Crippen molar-refractivity contribution in [1.82, 2.24) is 0 Å². The minimum Gasteiger partial charge on any atom is -0.465 e. The van der Waals surface area contributed by atoms with E-state index < -0.39 is 17.9 Å². The largest absolute Gasteiger partial charge is 0.465 e. The lowest BCUT2D eigenvalue weighted by molar-refractivity contribution is 0.0227. The molecule has 1 aromatic carbocycles. The van der Waals surface area contributed by atoms with Gasteiger partial charge in [0.25, 0.3) is 0 Å². The van der Waals surface area contributed by atoms with E-state index in [1.807, 2.05) is 0 Å². The minimum absolute atomic E-state index is 0.0790. The van der Waals surface area contributed by atoms with E-state index >= 15 is 0 Å². The van der Waals surface area contributed by atoms with Crippen LogP contribution in [-0.4, -0.2) is 11.8 Å². The molecule has 0 radical (unpaired) electrons. The quantitative estimate of drug-likeness (QED) is 0.515. The first-order chi connectivity index (χ1) is 11.1. The molecule has 116 valence electrons. The summed E-state index contributed by atoms with van der Waals surface area (Å²) in [5.41, 5.74) is 0.276. The predicted octanol–water partition coefficient (Wildman–Crippen LogP) is 4.31. The standard InChI is InChI=1S/C17H11ClO5/c18-12-7-5-11(6-8-12)17(20)23-16(14-4-2-10-22-14)15(19)13-3-1-9-21-13/h1-10,16H/t16-/m0/s1. The Labute approximate surface area is 136 Å². The number of esters is 1. The number of carbonyl (C=O) groups is 2. The molecule has 0 saturated heterocycles. The van der Waals surface area contributed by atoms with Crippen LogP contribution in [0.3, 0.4) is 0 Å². The van der Waals surface area contributed by atoms with E-state index in [4.69, 9.17) is 25.2 Å². The SMILES string of the molecule is O=C(O[C@H](C(=O)c1ccco1)c1ccco1)c1ccc(Cl)cc1. The molecule has 1 atom stereocenters. The maximum atomic E-state index is 12.5. The third-order valence-corrected chi connectivity index (χ3v) is 3.36. The van der Waals surface area contributed by atoms with Gasteiger partial charge in [-0.25, -0.2) is 4.79 Å². The van der Waals surface area contributed by atoms with Crippen molar-refractivity contribution in [2.45, 2.75) is 6.10 Å². The van der Waals surface area contributed by atoms with E-state index in [0.717, 1.165) is 0 Å². The molecule has 0 fully saturated rings. The fourth-order valence-corrected chi connectivity index (χ4v) is 2.12. The first-order valence-electron chi connectivity index (χ1n) is 6.73. The van der Waals surface area contributed by atoms with Gasteiger partial charge in [0.15, 0.2) is 11.5 Å². The van der Waals surface area contributed by atoms with Crippen LogP contribution in [0.4, 0.5) is 0 Å². The second-order valence-electron chi connectivity index (χ2n) is 4.65. The molecule has 23 heavy (non-hydrogen) atoms. The number of halogens is 1. The van der Waals surface area contributed by atoms with Gasteiger partial charge < -0.3 is 13.6 Å². The van der Waals surface area contributed by atoms with Crippen LogP contribution in [0.2, 0.25) is 5.02 Å². The highest BCUT2D eigenvalue weighted by atomic mass is 35.5. The van der Waals surface area contributed by atoms with Crippen molar-refractivity contribution >= 4 is 23.4 Å². The Hall–Kier alpha value is -2.79. The van der Waals surface area contributed by atoms with Crippen LogP contribution in [0.15, 0.2) is 69.9 Å². The summed E-state index contributed by atoms with van der Waals surface area (Å²) in [6.07, 6.45) is 1.54. The van der Waals surface area contributed by atoms with Crippen molar-refractivity contribution in [2.24, 2.45) is 0 Å². The van der Waals surface area contributed by atoms with E-state index in [1.54, 1.807) is 30.3 Å². The number of ketones is 1. The maximum Gasteiger partial charge on any atom is 0.339 e. The molecular weight excluding hydrogens is 320 g/mol. The van der Waals surface area contributed by atoms with Gasteiger partial charge in [0.2, 0.25) is 11.9 Å². The summed E-state index contributed by atoms with van der Waals surface area (Å²) < 4.78 is 15.6. The fourth-order valence-electron chi connectivity index (χ4n) is 1.99. The Bertz CT molecular complexity index is 788. The lowest BCUT2D eigenvalue weighted by Gasteiger charge is -2.13. The van der Waals surface area contributed by atoms with Crippen LogP contribution in [0.1, 0.15) is 32.8 Å². The summed E-state index contributed by atoms with van der Waals surface area (Å²) in [5.74, 6) is -0.876. The number of furan rings is 2. The van der Waals surface area contributed by atoms with Crippen molar-refractivity contribution in [2.75, 3.05) is 0 Å². The van der Waals surface area contributed by atoms with Gasteiger partial charge in [0.05, 0.1) is 18.1 Å². The van der Waals surface area contributed by atoms with E-state index in [1.165, 1.54) is 30.7 Å². The van der Waals surface area contributed by atoms with Gasteiger partial charge in [-0.3, -0.25) is 4.79 Å². The average molecular weight is 331 g/mol. The zero-order valence-corrected chi connectivity index (χ0v) is 12.5. The number of hydrogen-bond acceptors (Lipinski definition) is 5. The van der Waals surface area contributed by atoms with Crippen LogP contribution < -0.4 is 0 Å². The highest BCUT2D eigenvalue weighted by Crippen LogP contribution is 2.25. The highest BCUT2D eigenvalue weighted by molar-refractivity contribution is 6.30. The zero-order chi connectivity index (χ0) is 16.2. The normalized spacial score (nSPS) is 11.9. The molecule has 0 aliphatic carbocycles. The highest BCUT2D eigenvalue weighted by Gasteiger charge is 2.30. The molecule has 2 heterocycles. The van der Waals surface area contributed by atoms with Crippen molar-refractivity contribution in [1.29, 1.82) is 0 Å². The fraction of sp³-hybridized carbons (Fsp3) is 0.0588. The van der Waals surface area contributed by atoms with Gasteiger partial charge >= 0.3 is 5.97 Å². The summed E-state index contributed by atoms with van der Waals surface area (Å²) in [6.45, 7) is 0. The van der Waals surface area contributed by atoms with Crippen LogP contribution in [0.5, 0.6) is 0 Å². The molecule has 5 nitrogen and oxygen atoms in total. The lowest BCUT2D eigenvalue weighted by Crippen LogP contribution is -2.19. The molecule has 0 aliphatic heterocycles. The van der Waals surface area contributed by atoms with Crippen LogP contribution in [-0.2, 0) is 4.74 Å². The molecule has 0 bridgehead atoms. The van der Waals surface area contributed by atoms with E-state index in [0.29, 0.717) is 5.02 Å². The Morgan fingerprint density at radius 3 is 2.26 bits per heavy atom.